The Morgan fingerprint density at radius 3 is 2.81 bits per heavy atom. The van der Waals surface area contributed by atoms with E-state index < -0.39 is 17.7 Å². The Morgan fingerprint density at radius 1 is 1.62 bits per heavy atom. The van der Waals surface area contributed by atoms with E-state index in [1.807, 2.05) is 4.57 Å². The number of carbonyl (C=O) groups excluding carboxylic acids is 1. The minimum absolute atomic E-state index is 0.189. The minimum atomic E-state index is -0.562. The van der Waals surface area contributed by atoms with E-state index in [0.717, 1.165) is 18.2 Å². The monoisotopic (exact) mass is 295 g/mol. The number of amides is 1. The second kappa shape index (κ2) is 6.05. The number of imidazole rings is 1. The molecule has 0 bridgehead atoms. The van der Waals surface area contributed by atoms with E-state index in [0.29, 0.717) is 5.92 Å². The quantitative estimate of drug-likeness (QED) is 0.872. The molecule has 1 aromatic rings. The third kappa shape index (κ3) is 4.46. The van der Waals surface area contributed by atoms with Gasteiger partial charge in [0.25, 0.3) is 0 Å². The second-order valence-electron chi connectivity index (χ2n) is 6.83. The van der Waals surface area contributed by atoms with Crippen molar-refractivity contribution in [3.63, 3.8) is 0 Å². The average molecular weight is 295 g/mol. The average Bonchev–Trinajstić information content (AvgIpc) is 2.86. The van der Waals surface area contributed by atoms with Crippen molar-refractivity contribution in [2.75, 3.05) is 6.61 Å². The van der Waals surface area contributed by atoms with Crippen molar-refractivity contribution in [1.29, 1.82) is 0 Å². The van der Waals surface area contributed by atoms with Crippen molar-refractivity contribution in [3.8, 4) is 0 Å². The maximum absolute atomic E-state index is 11.8. The summed E-state index contributed by atoms with van der Waals surface area (Å²) in [4.78, 5) is 16.0. The molecule has 1 aromatic heterocycles. The van der Waals surface area contributed by atoms with Crippen LogP contribution < -0.4 is 5.32 Å². The lowest BCUT2D eigenvalue weighted by molar-refractivity contribution is 0.0478. The topological polar surface area (TPSA) is 76.4 Å². The number of nitrogens with zero attached hydrogens (tertiary/aromatic N) is 2. The van der Waals surface area contributed by atoms with Crippen molar-refractivity contribution >= 4 is 6.09 Å². The number of aliphatic hydroxyl groups excluding tert-OH is 1. The maximum atomic E-state index is 11.8. The number of aliphatic hydroxyl groups is 1. The zero-order valence-corrected chi connectivity index (χ0v) is 13.2. The van der Waals surface area contributed by atoms with Gasteiger partial charge in [0.1, 0.15) is 5.60 Å². The highest BCUT2D eigenvalue weighted by Crippen LogP contribution is 2.39. The van der Waals surface area contributed by atoms with Crippen LogP contribution in [-0.2, 0) is 11.3 Å². The Bertz CT molecular complexity index is 493. The first-order valence-corrected chi connectivity index (χ1v) is 7.40. The second-order valence-corrected chi connectivity index (χ2v) is 6.83. The molecule has 118 valence electrons. The van der Waals surface area contributed by atoms with E-state index in [9.17, 15) is 9.90 Å². The number of hydrogen-bond donors (Lipinski definition) is 2. The van der Waals surface area contributed by atoms with Crippen LogP contribution in [-0.4, -0.2) is 33.0 Å². The first-order chi connectivity index (χ1) is 9.80. The summed E-state index contributed by atoms with van der Waals surface area (Å²) in [6.07, 6.45) is 4.13. The van der Waals surface area contributed by atoms with Gasteiger partial charge >= 0.3 is 6.09 Å². The van der Waals surface area contributed by atoms with Gasteiger partial charge in [-0.1, -0.05) is 6.92 Å². The smallest absolute Gasteiger partial charge is 0.408 e. The SMILES string of the molecule is CC1CC1Cn1cncc1C(CO)NC(=O)OC(C)(C)C. The van der Waals surface area contributed by atoms with Crippen molar-refractivity contribution in [2.24, 2.45) is 11.8 Å². The lowest BCUT2D eigenvalue weighted by Crippen LogP contribution is -2.37. The Morgan fingerprint density at radius 2 is 2.29 bits per heavy atom. The molecule has 0 spiro atoms. The summed E-state index contributed by atoms with van der Waals surface area (Å²) in [6, 6.07) is -0.503. The van der Waals surface area contributed by atoms with E-state index in [2.05, 4.69) is 17.2 Å². The Balaban J connectivity index is 2.00. The lowest BCUT2D eigenvalue weighted by atomic mass is 10.2. The van der Waals surface area contributed by atoms with Gasteiger partial charge in [0.15, 0.2) is 0 Å². The van der Waals surface area contributed by atoms with Crippen molar-refractivity contribution in [1.82, 2.24) is 14.9 Å². The largest absolute Gasteiger partial charge is 0.444 e. The summed E-state index contributed by atoms with van der Waals surface area (Å²) >= 11 is 0. The first kappa shape index (κ1) is 15.8. The fourth-order valence-electron chi connectivity index (χ4n) is 2.34. The zero-order valence-electron chi connectivity index (χ0n) is 13.2. The first-order valence-electron chi connectivity index (χ1n) is 7.40. The molecule has 6 heteroatoms. The van der Waals surface area contributed by atoms with E-state index in [-0.39, 0.29) is 6.61 Å². The van der Waals surface area contributed by atoms with Crippen LogP contribution in [0, 0.1) is 11.8 Å². The molecule has 21 heavy (non-hydrogen) atoms. The summed E-state index contributed by atoms with van der Waals surface area (Å²) in [5.41, 5.74) is 0.246. The van der Waals surface area contributed by atoms with Gasteiger partial charge in [0, 0.05) is 6.54 Å². The summed E-state index contributed by atoms with van der Waals surface area (Å²) in [6.45, 7) is 8.33. The molecule has 3 unspecified atom stereocenters. The van der Waals surface area contributed by atoms with Gasteiger partial charge in [0.05, 0.1) is 30.9 Å². The van der Waals surface area contributed by atoms with Gasteiger partial charge < -0.3 is 19.7 Å². The van der Waals surface area contributed by atoms with E-state index in [1.165, 1.54) is 6.42 Å². The maximum Gasteiger partial charge on any atom is 0.408 e. The molecule has 1 aliphatic rings. The van der Waals surface area contributed by atoms with Gasteiger partial charge in [-0.2, -0.15) is 0 Å². The van der Waals surface area contributed by atoms with Crippen LogP contribution in [0.4, 0.5) is 4.79 Å². The third-order valence-corrected chi connectivity index (χ3v) is 3.68. The molecule has 0 saturated heterocycles. The molecule has 1 fully saturated rings. The van der Waals surface area contributed by atoms with E-state index >= 15 is 0 Å². The Labute approximate surface area is 125 Å². The lowest BCUT2D eigenvalue weighted by Gasteiger charge is -2.23. The molecule has 1 saturated carbocycles. The van der Waals surface area contributed by atoms with Crippen LogP contribution in [0.1, 0.15) is 45.9 Å². The number of rotatable bonds is 5. The number of aromatic nitrogens is 2. The predicted octanol–water partition coefficient (Wildman–Crippen LogP) is 2.10. The molecule has 3 atom stereocenters. The summed E-state index contributed by atoms with van der Waals surface area (Å²) in [5.74, 6) is 1.41. The molecule has 2 N–H and O–H groups in total. The molecule has 0 aliphatic heterocycles. The van der Waals surface area contributed by atoms with Crippen molar-refractivity contribution < 1.29 is 14.6 Å². The number of ether oxygens (including phenoxy) is 1. The molecule has 6 nitrogen and oxygen atoms in total. The van der Waals surface area contributed by atoms with Gasteiger partial charge in [-0.05, 0) is 39.0 Å². The number of nitrogens with one attached hydrogen (secondary N) is 1. The molecule has 2 rings (SSSR count). The van der Waals surface area contributed by atoms with Crippen LogP contribution in [0.3, 0.4) is 0 Å². The Hall–Kier alpha value is -1.56. The highest BCUT2D eigenvalue weighted by Gasteiger charge is 2.33. The Kier molecular flexibility index (Phi) is 4.56. The van der Waals surface area contributed by atoms with Crippen LogP contribution in [0.5, 0.6) is 0 Å². The molecular formula is C15H25N3O3. The van der Waals surface area contributed by atoms with Gasteiger partial charge in [-0.25, -0.2) is 9.78 Å². The highest BCUT2D eigenvalue weighted by molar-refractivity contribution is 5.68. The van der Waals surface area contributed by atoms with E-state index in [1.54, 1.807) is 33.3 Å². The number of alkyl carbamates (subject to hydrolysis) is 1. The molecular weight excluding hydrogens is 270 g/mol. The fourth-order valence-corrected chi connectivity index (χ4v) is 2.34. The fraction of sp³-hybridized carbons (Fsp3) is 0.733. The molecule has 1 amide bonds. The minimum Gasteiger partial charge on any atom is -0.444 e. The highest BCUT2D eigenvalue weighted by atomic mass is 16.6. The van der Waals surface area contributed by atoms with Crippen molar-refractivity contribution in [3.05, 3.63) is 18.2 Å². The van der Waals surface area contributed by atoms with Crippen molar-refractivity contribution in [2.45, 2.75) is 52.3 Å². The summed E-state index contributed by atoms with van der Waals surface area (Å²) < 4.78 is 7.23. The normalized spacial score (nSPS) is 22.7. The van der Waals surface area contributed by atoms with Crippen LogP contribution in [0.25, 0.3) is 0 Å². The molecule has 1 heterocycles. The zero-order chi connectivity index (χ0) is 15.6. The van der Waals surface area contributed by atoms with Gasteiger partial charge in [0.2, 0.25) is 0 Å². The molecule has 0 aromatic carbocycles. The standard InChI is InChI=1S/C15H25N3O3/c1-10-5-11(10)7-18-9-16-6-13(18)12(8-19)17-14(20)21-15(2,3)4/h6,9-12,19H,5,7-8H2,1-4H3,(H,17,20). The predicted molar refractivity (Wildman–Crippen MR) is 78.7 cm³/mol. The van der Waals surface area contributed by atoms with Gasteiger partial charge in [-0.15, -0.1) is 0 Å². The van der Waals surface area contributed by atoms with Crippen LogP contribution in [0.15, 0.2) is 12.5 Å². The number of hydrogen-bond acceptors (Lipinski definition) is 4. The van der Waals surface area contributed by atoms with E-state index in [4.69, 9.17) is 4.74 Å². The number of carbonyl (C=O) groups is 1. The van der Waals surface area contributed by atoms with Crippen LogP contribution in [0.2, 0.25) is 0 Å². The third-order valence-electron chi connectivity index (χ3n) is 3.68. The summed E-state index contributed by atoms with van der Waals surface area (Å²) in [7, 11) is 0. The molecule has 0 radical (unpaired) electrons. The van der Waals surface area contributed by atoms with Crippen LogP contribution >= 0.6 is 0 Å². The summed E-state index contributed by atoms with van der Waals surface area (Å²) in [5, 5.41) is 12.3. The van der Waals surface area contributed by atoms with Gasteiger partial charge in [-0.3, -0.25) is 0 Å². The molecule has 1 aliphatic carbocycles.